The molecular weight excluding hydrogens is 427 g/mol. The second kappa shape index (κ2) is 10.2. The molecule has 1 aromatic rings. The van der Waals surface area contributed by atoms with Crippen LogP contribution < -0.4 is 15.4 Å². The first-order valence-corrected chi connectivity index (χ1v) is 9.21. The lowest BCUT2D eigenvalue weighted by Gasteiger charge is -2.30. The van der Waals surface area contributed by atoms with Crippen molar-refractivity contribution in [3.8, 4) is 5.75 Å². The highest BCUT2D eigenvalue weighted by Gasteiger charge is 2.22. The maximum absolute atomic E-state index is 5.76. The van der Waals surface area contributed by atoms with Gasteiger partial charge >= 0.3 is 0 Å². The van der Waals surface area contributed by atoms with Gasteiger partial charge < -0.3 is 20.3 Å². The molecule has 2 atom stereocenters. The summed E-state index contributed by atoms with van der Waals surface area (Å²) in [4.78, 5) is 7.28. The minimum atomic E-state index is 0. The van der Waals surface area contributed by atoms with Crippen molar-refractivity contribution in [2.45, 2.75) is 32.2 Å². The number of rotatable bonds is 4. The van der Waals surface area contributed by atoms with E-state index in [4.69, 9.17) is 9.73 Å². The zero-order valence-electron chi connectivity index (χ0n) is 15.3. The minimum absolute atomic E-state index is 0. The van der Waals surface area contributed by atoms with Crippen LogP contribution in [0.5, 0.6) is 5.75 Å². The molecule has 5 nitrogen and oxygen atoms in total. The molecule has 1 fully saturated rings. The lowest BCUT2D eigenvalue weighted by Crippen LogP contribution is -2.42. The Kier molecular flexibility index (Phi) is 8.29. The second-order valence-electron chi connectivity index (χ2n) is 6.86. The number of halogens is 1. The third-order valence-electron chi connectivity index (χ3n) is 4.84. The largest absolute Gasteiger partial charge is 0.493 e. The van der Waals surface area contributed by atoms with Gasteiger partial charge in [0.05, 0.1) is 12.6 Å². The van der Waals surface area contributed by atoms with Gasteiger partial charge in [0.1, 0.15) is 5.75 Å². The molecule has 2 unspecified atom stereocenters. The zero-order valence-corrected chi connectivity index (χ0v) is 17.7. The molecule has 1 saturated heterocycles. The molecule has 2 aliphatic heterocycles. The summed E-state index contributed by atoms with van der Waals surface area (Å²) in [5.41, 5.74) is 1.23. The van der Waals surface area contributed by atoms with E-state index in [0.717, 1.165) is 44.4 Å². The van der Waals surface area contributed by atoms with E-state index in [-0.39, 0.29) is 30.0 Å². The van der Waals surface area contributed by atoms with Crippen molar-refractivity contribution < 1.29 is 4.74 Å². The quantitative estimate of drug-likeness (QED) is 0.414. The first kappa shape index (κ1) is 20.3. The highest BCUT2D eigenvalue weighted by atomic mass is 127. The summed E-state index contributed by atoms with van der Waals surface area (Å²) >= 11 is 0. The van der Waals surface area contributed by atoms with Gasteiger partial charge in [-0.2, -0.15) is 0 Å². The van der Waals surface area contributed by atoms with Crippen molar-refractivity contribution in [3.05, 3.63) is 29.8 Å². The molecule has 0 aliphatic carbocycles. The van der Waals surface area contributed by atoms with Crippen molar-refractivity contribution in [2.75, 3.05) is 39.8 Å². The number of aliphatic imine (C=N–C) groups is 1. The summed E-state index contributed by atoms with van der Waals surface area (Å²) < 4.78 is 5.76. The van der Waals surface area contributed by atoms with Crippen molar-refractivity contribution in [1.82, 2.24) is 15.5 Å². The number of guanidine groups is 1. The van der Waals surface area contributed by atoms with Gasteiger partial charge in [-0.05, 0) is 45.3 Å². The smallest absolute Gasteiger partial charge is 0.191 e. The Hall–Kier alpha value is -1.02. The molecule has 2 aliphatic rings. The van der Waals surface area contributed by atoms with Gasteiger partial charge in [-0.3, -0.25) is 4.99 Å². The maximum atomic E-state index is 5.76. The highest BCUT2D eigenvalue weighted by molar-refractivity contribution is 14.0. The molecule has 2 heterocycles. The molecule has 6 heteroatoms. The van der Waals surface area contributed by atoms with Crippen LogP contribution in [-0.2, 0) is 0 Å². The number of benzene rings is 1. The van der Waals surface area contributed by atoms with E-state index in [9.17, 15) is 0 Å². The minimum Gasteiger partial charge on any atom is -0.493 e. The molecule has 0 radical (unpaired) electrons. The molecule has 140 valence electrons. The number of hydrogen-bond acceptors (Lipinski definition) is 3. The fourth-order valence-corrected chi connectivity index (χ4v) is 3.62. The molecule has 0 spiro atoms. The van der Waals surface area contributed by atoms with Gasteiger partial charge in [0, 0.05) is 31.6 Å². The predicted molar refractivity (Wildman–Crippen MR) is 114 cm³/mol. The molecule has 0 saturated carbocycles. The normalized spacial score (nSPS) is 23.8. The van der Waals surface area contributed by atoms with Crippen molar-refractivity contribution in [2.24, 2.45) is 10.9 Å². The number of piperidine rings is 1. The fraction of sp³-hybridized carbons (Fsp3) is 0.632. The Morgan fingerprint density at radius 2 is 2.16 bits per heavy atom. The summed E-state index contributed by atoms with van der Waals surface area (Å²) in [5.74, 6) is 2.58. The summed E-state index contributed by atoms with van der Waals surface area (Å²) in [6.07, 6.45) is 3.54. The third-order valence-corrected chi connectivity index (χ3v) is 4.84. The van der Waals surface area contributed by atoms with E-state index in [1.807, 2.05) is 12.1 Å². The van der Waals surface area contributed by atoms with Crippen molar-refractivity contribution in [1.29, 1.82) is 0 Å². The van der Waals surface area contributed by atoms with Gasteiger partial charge in [-0.25, -0.2) is 0 Å². The van der Waals surface area contributed by atoms with E-state index in [2.05, 4.69) is 41.6 Å². The Morgan fingerprint density at radius 1 is 1.32 bits per heavy atom. The standard InChI is InChI=1S/C19H30N4O.HI/c1-3-20-19(21-13-15-7-6-11-23(2)14-15)22-17-10-12-24-18-9-5-4-8-16(17)18;/h4-5,8-9,15,17H,3,6-7,10-14H2,1-2H3,(H2,20,21,22);1H. The lowest BCUT2D eigenvalue weighted by molar-refractivity contribution is 0.214. The molecule has 0 amide bonds. The average molecular weight is 458 g/mol. The van der Waals surface area contributed by atoms with Crippen LogP contribution in [0.2, 0.25) is 0 Å². The van der Waals surface area contributed by atoms with Crippen LogP contribution in [0.15, 0.2) is 29.3 Å². The van der Waals surface area contributed by atoms with Crippen LogP contribution in [0.25, 0.3) is 0 Å². The Morgan fingerprint density at radius 3 is 2.96 bits per heavy atom. The number of likely N-dealkylation sites (tertiary alicyclic amines) is 1. The molecule has 2 N–H and O–H groups in total. The van der Waals surface area contributed by atoms with Gasteiger partial charge in [-0.1, -0.05) is 18.2 Å². The number of hydrogen-bond donors (Lipinski definition) is 2. The van der Waals surface area contributed by atoms with Gasteiger partial charge in [0.2, 0.25) is 0 Å². The Balaban J connectivity index is 0.00000225. The van der Waals surface area contributed by atoms with Crippen LogP contribution in [0, 0.1) is 5.92 Å². The number of fused-ring (bicyclic) bond motifs is 1. The molecule has 0 aromatic heterocycles. The Labute approximate surface area is 168 Å². The fourth-order valence-electron chi connectivity index (χ4n) is 3.62. The molecule has 0 bridgehead atoms. The van der Waals surface area contributed by atoms with Gasteiger partial charge in [0.25, 0.3) is 0 Å². The number of nitrogens with one attached hydrogen (secondary N) is 2. The van der Waals surface area contributed by atoms with Gasteiger partial charge in [0.15, 0.2) is 5.96 Å². The van der Waals surface area contributed by atoms with Crippen LogP contribution in [0.4, 0.5) is 0 Å². The third kappa shape index (κ3) is 5.74. The topological polar surface area (TPSA) is 48.9 Å². The van der Waals surface area contributed by atoms with Crippen LogP contribution in [0.1, 0.15) is 37.8 Å². The van der Waals surface area contributed by atoms with Crippen molar-refractivity contribution >= 4 is 29.9 Å². The lowest BCUT2D eigenvalue weighted by atomic mass is 9.99. The maximum Gasteiger partial charge on any atom is 0.191 e. The van der Waals surface area contributed by atoms with E-state index in [0.29, 0.717) is 5.92 Å². The monoisotopic (exact) mass is 458 g/mol. The van der Waals surface area contributed by atoms with Gasteiger partial charge in [-0.15, -0.1) is 24.0 Å². The van der Waals surface area contributed by atoms with E-state index < -0.39 is 0 Å². The summed E-state index contributed by atoms with van der Waals surface area (Å²) in [7, 11) is 2.21. The number of para-hydroxylation sites is 1. The molecule has 1 aromatic carbocycles. The first-order chi connectivity index (χ1) is 11.8. The molecule has 3 rings (SSSR count). The summed E-state index contributed by atoms with van der Waals surface area (Å²) in [6.45, 7) is 7.01. The SMILES string of the molecule is CCNC(=NCC1CCCN(C)C1)NC1CCOc2ccccc21.I. The number of ether oxygens (including phenoxy) is 1. The second-order valence-corrected chi connectivity index (χ2v) is 6.86. The highest BCUT2D eigenvalue weighted by Crippen LogP contribution is 2.31. The van der Waals surface area contributed by atoms with Crippen LogP contribution in [-0.4, -0.2) is 50.7 Å². The molecular formula is C19H31IN4O. The van der Waals surface area contributed by atoms with E-state index in [1.165, 1.54) is 24.9 Å². The average Bonchev–Trinajstić information content (AvgIpc) is 2.60. The molecule has 25 heavy (non-hydrogen) atoms. The van der Waals surface area contributed by atoms with Crippen molar-refractivity contribution in [3.63, 3.8) is 0 Å². The summed E-state index contributed by atoms with van der Waals surface area (Å²) in [5, 5.41) is 7.01. The number of nitrogens with zero attached hydrogens (tertiary/aromatic N) is 2. The Bertz CT molecular complexity index is 566. The van der Waals surface area contributed by atoms with E-state index >= 15 is 0 Å². The predicted octanol–water partition coefficient (Wildman–Crippen LogP) is 3.03. The van der Waals surface area contributed by atoms with Crippen LogP contribution >= 0.6 is 24.0 Å². The zero-order chi connectivity index (χ0) is 16.8. The van der Waals surface area contributed by atoms with Crippen LogP contribution in [0.3, 0.4) is 0 Å². The first-order valence-electron chi connectivity index (χ1n) is 9.21. The summed E-state index contributed by atoms with van der Waals surface area (Å²) in [6, 6.07) is 8.56. The van der Waals surface area contributed by atoms with E-state index in [1.54, 1.807) is 0 Å².